The van der Waals surface area contributed by atoms with E-state index in [1.165, 1.54) is 5.56 Å². The van der Waals surface area contributed by atoms with Crippen LogP contribution in [0.1, 0.15) is 11.3 Å². The van der Waals surface area contributed by atoms with Crippen molar-refractivity contribution >= 4 is 5.82 Å². The fourth-order valence-corrected chi connectivity index (χ4v) is 1.52. The van der Waals surface area contributed by atoms with Crippen LogP contribution < -0.4 is 10.6 Å². The van der Waals surface area contributed by atoms with Crippen molar-refractivity contribution in [3.8, 4) is 0 Å². The van der Waals surface area contributed by atoms with Crippen LogP contribution in [-0.2, 0) is 13.1 Å². The van der Waals surface area contributed by atoms with Crippen LogP contribution in [0.5, 0.6) is 0 Å². The molecule has 17 heavy (non-hydrogen) atoms. The van der Waals surface area contributed by atoms with Crippen molar-refractivity contribution in [2.75, 3.05) is 11.9 Å². The number of hydrogen-bond donors (Lipinski definition) is 1. The molecule has 0 aromatic carbocycles. The number of anilines is 1. The Labute approximate surface area is 100 Å². The standard InChI is InChI=1S/C12H15N5/c1-17(9-10-2-4-14-5-3-10)12-8-15-7-11(6-13)16-12/h2-5,7-8H,6,9,13H2,1H3. The zero-order valence-electron chi connectivity index (χ0n) is 9.74. The SMILES string of the molecule is CN(Cc1ccncc1)c1cncc(CN)n1. The topological polar surface area (TPSA) is 67.9 Å². The molecule has 0 atom stereocenters. The Kier molecular flexibility index (Phi) is 3.62. The van der Waals surface area contributed by atoms with Crippen LogP contribution in [0, 0.1) is 0 Å². The van der Waals surface area contributed by atoms with Crippen molar-refractivity contribution < 1.29 is 0 Å². The minimum atomic E-state index is 0.407. The third-order valence-corrected chi connectivity index (χ3v) is 2.44. The maximum Gasteiger partial charge on any atom is 0.147 e. The highest BCUT2D eigenvalue weighted by atomic mass is 15.2. The number of pyridine rings is 1. The van der Waals surface area contributed by atoms with E-state index in [1.54, 1.807) is 24.8 Å². The second-order valence-electron chi connectivity index (χ2n) is 3.78. The average Bonchev–Trinajstić information content (AvgIpc) is 2.40. The normalized spacial score (nSPS) is 10.2. The Bertz CT molecular complexity index is 471. The molecule has 5 nitrogen and oxygen atoms in total. The maximum absolute atomic E-state index is 5.54. The molecule has 0 bridgehead atoms. The zero-order valence-corrected chi connectivity index (χ0v) is 9.74. The summed E-state index contributed by atoms with van der Waals surface area (Å²) in [7, 11) is 1.98. The van der Waals surface area contributed by atoms with Gasteiger partial charge in [-0.05, 0) is 17.7 Å². The summed E-state index contributed by atoms with van der Waals surface area (Å²) in [5.74, 6) is 0.824. The second kappa shape index (κ2) is 5.36. The van der Waals surface area contributed by atoms with Crippen molar-refractivity contribution in [2.45, 2.75) is 13.1 Å². The highest BCUT2D eigenvalue weighted by Crippen LogP contribution is 2.11. The van der Waals surface area contributed by atoms with Gasteiger partial charge in [-0.3, -0.25) is 9.97 Å². The minimum absolute atomic E-state index is 0.407. The van der Waals surface area contributed by atoms with E-state index in [1.807, 2.05) is 24.1 Å². The lowest BCUT2D eigenvalue weighted by Crippen LogP contribution is -2.18. The molecule has 0 saturated heterocycles. The van der Waals surface area contributed by atoms with Gasteiger partial charge in [0.05, 0.1) is 11.9 Å². The summed E-state index contributed by atoms with van der Waals surface area (Å²) in [5.41, 5.74) is 7.52. The van der Waals surface area contributed by atoms with E-state index in [-0.39, 0.29) is 0 Å². The van der Waals surface area contributed by atoms with E-state index < -0.39 is 0 Å². The van der Waals surface area contributed by atoms with E-state index in [4.69, 9.17) is 5.73 Å². The van der Waals surface area contributed by atoms with Crippen LogP contribution in [0.25, 0.3) is 0 Å². The molecule has 0 unspecified atom stereocenters. The smallest absolute Gasteiger partial charge is 0.147 e. The minimum Gasteiger partial charge on any atom is -0.354 e. The molecule has 2 aromatic rings. The van der Waals surface area contributed by atoms with Crippen molar-refractivity contribution in [2.24, 2.45) is 5.73 Å². The predicted molar refractivity (Wildman–Crippen MR) is 66.3 cm³/mol. The lowest BCUT2D eigenvalue weighted by Gasteiger charge is -2.18. The monoisotopic (exact) mass is 229 g/mol. The summed E-state index contributed by atoms with van der Waals surface area (Å²) in [6.45, 7) is 1.18. The first-order valence-electron chi connectivity index (χ1n) is 5.40. The molecule has 0 aliphatic heterocycles. The first-order chi connectivity index (χ1) is 8.29. The molecule has 0 radical (unpaired) electrons. The third-order valence-electron chi connectivity index (χ3n) is 2.44. The van der Waals surface area contributed by atoms with Crippen LogP contribution in [-0.4, -0.2) is 22.0 Å². The van der Waals surface area contributed by atoms with Gasteiger partial charge in [-0.25, -0.2) is 4.98 Å². The lowest BCUT2D eigenvalue weighted by atomic mass is 10.2. The molecule has 5 heteroatoms. The largest absolute Gasteiger partial charge is 0.354 e. The van der Waals surface area contributed by atoms with E-state index in [0.717, 1.165) is 18.1 Å². The Balaban J connectivity index is 2.11. The summed E-state index contributed by atoms with van der Waals surface area (Å²) >= 11 is 0. The van der Waals surface area contributed by atoms with Crippen LogP contribution in [0.3, 0.4) is 0 Å². The average molecular weight is 229 g/mol. The van der Waals surface area contributed by atoms with Crippen LogP contribution in [0.15, 0.2) is 36.9 Å². The van der Waals surface area contributed by atoms with Gasteiger partial charge in [-0.2, -0.15) is 0 Å². The Morgan fingerprint density at radius 3 is 2.65 bits per heavy atom. The first-order valence-corrected chi connectivity index (χ1v) is 5.40. The molecule has 0 amide bonds. The van der Waals surface area contributed by atoms with Crippen molar-refractivity contribution in [3.05, 3.63) is 48.2 Å². The summed E-state index contributed by atoms with van der Waals surface area (Å²) in [6, 6.07) is 3.97. The number of nitrogens with zero attached hydrogens (tertiary/aromatic N) is 4. The van der Waals surface area contributed by atoms with E-state index in [0.29, 0.717) is 6.54 Å². The Hall–Kier alpha value is -2.01. The highest BCUT2D eigenvalue weighted by molar-refractivity contribution is 5.36. The van der Waals surface area contributed by atoms with Gasteiger partial charge in [-0.1, -0.05) is 0 Å². The molecular weight excluding hydrogens is 214 g/mol. The summed E-state index contributed by atoms with van der Waals surface area (Å²) in [5, 5.41) is 0. The summed E-state index contributed by atoms with van der Waals surface area (Å²) < 4.78 is 0. The molecular formula is C12H15N5. The molecule has 0 aliphatic rings. The van der Waals surface area contributed by atoms with Crippen molar-refractivity contribution in [1.29, 1.82) is 0 Å². The van der Waals surface area contributed by atoms with Crippen LogP contribution in [0.4, 0.5) is 5.82 Å². The molecule has 2 rings (SSSR count). The van der Waals surface area contributed by atoms with Crippen LogP contribution in [0.2, 0.25) is 0 Å². The molecule has 0 saturated carbocycles. The Morgan fingerprint density at radius 1 is 1.18 bits per heavy atom. The van der Waals surface area contributed by atoms with Gasteiger partial charge in [0.25, 0.3) is 0 Å². The zero-order chi connectivity index (χ0) is 12.1. The molecule has 0 spiro atoms. The van der Waals surface area contributed by atoms with Gasteiger partial charge < -0.3 is 10.6 Å². The van der Waals surface area contributed by atoms with Gasteiger partial charge in [0.1, 0.15) is 5.82 Å². The van der Waals surface area contributed by atoms with Gasteiger partial charge in [0.15, 0.2) is 0 Å². The number of hydrogen-bond acceptors (Lipinski definition) is 5. The third kappa shape index (κ3) is 2.98. The van der Waals surface area contributed by atoms with Crippen LogP contribution >= 0.6 is 0 Å². The molecule has 88 valence electrons. The highest BCUT2D eigenvalue weighted by Gasteiger charge is 2.04. The fourth-order valence-electron chi connectivity index (χ4n) is 1.52. The first kappa shape index (κ1) is 11.5. The second-order valence-corrected chi connectivity index (χ2v) is 3.78. The van der Waals surface area contributed by atoms with Gasteiger partial charge in [0, 0.05) is 38.7 Å². The van der Waals surface area contributed by atoms with E-state index in [2.05, 4.69) is 15.0 Å². The molecule has 0 fully saturated rings. The predicted octanol–water partition coefficient (Wildman–Crippen LogP) is 0.967. The van der Waals surface area contributed by atoms with Gasteiger partial charge >= 0.3 is 0 Å². The van der Waals surface area contributed by atoms with Gasteiger partial charge in [-0.15, -0.1) is 0 Å². The number of rotatable bonds is 4. The molecule has 2 aromatic heterocycles. The maximum atomic E-state index is 5.54. The number of aromatic nitrogens is 3. The fraction of sp³-hybridized carbons (Fsp3) is 0.250. The molecule has 2 N–H and O–H groups in total. The number of nitrogens with two attached hydrogens (primary N) is 1. The van der Waals surface area contributed by atoms with E-state index in [9.17, 15) is 0 Å². The van der Waals surface area contributed by atoms with Crippen molar-refractivity contribution in [1.82, 2.24) is 15.0 Å². The molecule has 0 aliphatic carbocycles. The van der Waals surface area contributed by atoms with E-state index >= 15 is 0 Å². The summed E-state index contributed by atoms with van der Waals surface area (Å²) in [6.07, 6.45) is 6.99. The van der Waals surface area contributed by atoms with Crippen molar-refractivity contribution in [3.63, 3.8) is 0 Å². The quantitative estimate of drug-likeness (QED) is 0.846. The summed E-state index contributed by atoms with van der Waals surface area (Å²) in [4.78, 5) is 14.6. The lowest BCUT2D eigenvalue weighted by molar-refractivity contribution is 0.863. The Morgan fingerprint density at radius 2 is 1.94 bits per heavy atom. The van der Waals surface area contributed by atoms with Gasteiger partial charge in [0.2, 0.25) is 0 Å². The molecule has 2 heterocycles.